The van der Waals surface area contributed by atoms with Gasteiger partial charge in [0.05, 0.1) is 23.2 Å². The molecule has 0 spiro atoms. The van der Waals surface area contributed by atoms with Gasteiger partial charge in [0.15, 0.2) is 0 Å². The normalized spacial score (nSPS) is 17.9. The number of nitrogens with zero attached hydrogens (tertiary/aromatic N) is 8. The molecule has 1 aliphatic carbocycles. The lowest BCUT2D eigenvalue weighted by Crippen LogP contribution is -2.41. The van der Waals surface area contributed by atoms with E-state index in [-0.39, 0.29) is 17.7 Å². The SMILES string of the molecule is Cn1ccc(-c2nnc(C(=O)N3CCc4[nH]cnc4[C@@H]3c3cc4c(C5CC5)cccn4n3)o2)n1. The van der Waals surface area contributed by atoms with Crippen molar-refractivity contribution in [3.05, 3.63) is 71.5 Å². The zero-order valence-electron chi connectivity index (χ0n) is 18.4. The molecule has 1 atom stereocenters. The highest BCUT2D eigenvalue weighted by molar-refractivity contribution is 5.90. The summed E-state index contributed by atoms with van der Waals surface area (Å²) in [6, 6.07) is 7.57. The smallest absolute Gasteiger partial charge is 0.312 e. The number of hydrogen-bond acceptors (Lipinski definition) is 7. The summed E-state index contributed by atoms with van der Waals surface area (Å²) in [6.45, 7) is 0.476. The Hall–Kier alpha value is -4.28. The van der Waals surface area contributed by atoms with E-state index in [1.165, 1.54) is 18.4 Å². The molecule has 5 aromatic rings. The van der Waals surface area contributed by atoms with Gasteiger partial charge in [-0.2, -0.15) is 10.2 Å². The molecule has 1 saturated carbocycles. The van der Waals surface area contributed by atoms with Crippen molar-refractivity contribution < 1.29 is 9.21 Å². The van der Waals surface area contributed by atoms with Gasteiger partial charge in [0.2, 0.25) is 0 Å². The van der Waals surface area contributed by atoms with Crippen molar-refractivity contribution in [2.45, 2.75) is 31.2 Å². The molecule has 170 valence electrons. The second-order valence-corrected chi connectivity index (χ2v) is 8.84. The minimum absolute atomic E-state index is 0.0768. The Kier molecular flexibility index (Phi) is 4.02. The number of aromatic nitrogens is 8. The van der Waals surface area contributed by atoms with Crippen LogP contribution in [-0.4, -0.2) is 56.9 Å². The van der Waals surface area contributed by atoms with Crippen LogP contribution in [0.15, 0.2) is 47.4 Å². The molecule has 1 fully saturated rings. The van der Waals surface area contributed by atoms with Gasteiger partial charge < -0.3 is 14.3 Å². The minimum Gasteiger partial charge on any atom is -0.411 e. The van der Waals surface area contributed by atoms with Gasteiger partial charge in [-0.15, -0.1) is 10.2 Å². The molecule has 0 saturated heterocycles. The third-order valence-electron chi connectivity index (χ3n) is 6.58. The molecular weight excluding hydrogens is 434 g/mol. The van der Waals surface area contributed by atoms with Gasteiger partial charge in [-0.05, 0) is 42.5 Å². The van der Waals surface area contributed by atoms with Crippen LogP contribution in [0.5, 0.6) is 0 Å². The lowest BCUT2D eigenvalue weighted by molar-refractivity contribution is 0.0646. The lowest BCUT2D eigenvalue weighted by Gasteiger charge is -2.32. The Morgan fingerprint density at radius 2 is 2.09 bits per heavy atom. The topological polar surface area (TPSA) is 123 Å². The molecular formula is C23H21N9O2. The fourth-order valence-electron chi connectivity index (χ4n) is 4.79. The monoisotopic (exact) mass is 455 g/mol. The number of carbonyl (C=O) groups excluding carboxylic acids is 1. The first-order valence-corrected chi connectivity index (χ1v) is 11.3. The number of hydrogen-bond donors (Lipinski definition) is 1. The van der Waals surface area contributed by atoms with Crippen LogP contribution < -0.4 is 0 Å². The summed E-state index contributed by atoms with van der Waals surface area (Å²) in [5.41, 5.74) is 5.46. The maximum atomic E-state index is 13.6. The molecule has 34 heavy (non-hydrogen) atoms. The molecule has 11 heteroatoms. The molecule has 1 amide bonds. The lowest BCUT2D eigenvalue weighted by atomic mass is 9.99. The van der Waals surface area contributed by atoms with Crippen molar-refractivity contribution in [3.63, 3.8) is 0 Å². The number of nitrogens with one attached hydrogen (secondary N) is 1. The van der Waals surface area contributed by atoms with Crippen LogP contribution in [0.4, 0.5) is 0 Å². The minimum atomic E-state index is -0.459. The Bertz CT molecular complexity index is 1540. The van der Waals surface area contributed by atoms with E-state index < -0.39 is 6.04 Å². The average molecular weight is 455 g/mol. The van der Waals surface area contributed by atoms with Crippen LogP contribution in [0.2, 0.25) is 0 Å². The van der Waals surface area contributed by atoms with Crippen LogP contribution in [-0.2, 0) is 13.5 Å². The van der Waals surface area contributed by atoms with Gasteiger partial charge in [0.25, 0.3) is 5.89 Å². The fraction of sp³-hybridized carbons (Fsp3) is 0.304. The Morgan fingerprint density at radius 3 is 2.91 bits per heavy atom. The predicted molar refractivity (Wildman–Crippen MR) is 119 cm³/mol. The molecule has 2 aliphatic rings. The first-order chi connectivity index (χ1) is 16.7. The number of rotatable bonds is 4. The van der Waals surface area contributed by atoms with Gasteiger partial charge in [-0.1, -0.05) is 6.07 Å². The quantitative estimate of drug-likeness (QED) is 0.442. The number of pyridine rings is 1. The third-order valence-corrected chi connectivity index (χ3v) is 6.58. The van der Waals surface area contributed by atoms with E-state index in [2.05, 4.69) is 37.4 Å². The van der Waals surface area contributed by atoms with Gasteiger partial charge in [-0.3, -0.25) is 9.48 Å². The molecule has 11 nitrogen and oxygen atoms in total. The number of fused-ring (bicyclic) bond motifs is 2. The second kappa shape index (κ2) is 7.11. The van der Waals surface area contributed by atoms with Crippen molar-refractivity contribution in [2.75, 3.05) is 6.54 Å². The fourth-order valence-corrected chi connectivity index (χ4v) is 4.79. The van der Waals surface area contributed by atoms with Crippen LogP contribution in [0.25, 0.3) is 17.1 Å². The Labute approximate surface area is 193 Å². The van der Waals surface area contributed by atoms with Crippen LogP contribution in [0.3, 0.4) is 0 Å². The highest BCUT2D eigenvalue weighted by atomic mass is 16.4. The van der Waals surface area contributed by atoms with Crippen molar-refractivity contribution in [1.82, 2.24) is 44.5 Å². The predicted octanol–water partition coefficient (Wildman–Crippen LogP) is 2.51. The van der Waals surface area contributed by atoms with Gasteiger partial charge >= 0.3 is 11.8 Å². The number of aryl methyl sites for hydroxylation is 1. The number of amides is 1. The zero-order chi connectivity index (χ0) is 22.8. The van der Waals surface area contributed by atoms with E-state index in [1.807, 2.05) is 16.8 Å². The van der Waals surface area contributed by atoms with E-state index >= 15 is 0 Å². The van der Waals surface area contributed by atoms with Crippen LogP contribution in [0, 0.1) is 0 Å². The molecule has 0 bridgehead atoms. The largest absolute Gasteiger partial charge is 0.411 e. The molecule has 7 rings (SSSR count). The highest BCUT2D eigenvalue weighted by Gasteiger charge is 2.38. The molecule has 6 heterocycles. The van der Waals surface area contributed by atoms with Gasteiger partial charge in [-0.25, -0.2) is 9.50 Å². The standard InChI is InChI=1S/C23H21N9O2/c1-30-9-6-16(28-30)21-26-27-22(34-21)23(33)31-10-7-15-19(25-12-24-15)20(31)17-11-18-14(13-4-5-13)3-2-8-32(18)29-17/h2-3,6,8-9,11-13,20H,4-5,7,10H2,1H3,(H,24,25)/t20-/m0/s1. The van der Waals surface area contributed by atoms with E-state index in [9.17, 15) is 4.79 Å². The zero-order valence-corrected chi connectivity index (χ0v) is 18.4. The Balaban J connectivity index is 1.29. The average Bonchev–Trinajstić information content (AvgIpc) is 3.27. The number of H-pyrrole nitrogens is 1. The summed E-state index contributed by atoms with van der Waals surface area (Å²) in [6.07, 6.45) is 8.45. The number of carbonyl (C=O) groups is 1. The van der Waals surface area contributed by atoms with E-state index in [0.29, 0.717) is 24.6 Å². The maximum absolute atomic E-state index is 13.6. The number of imidazole rings is 1. The van der Waals surface area contributed by atoms with E-state index in [0.717, 1.165) is 22.6 Å². The molecule has 1 aliphatic heterocycles. The van der Waals surface area contributed by atoms with Gasteiger partial charge in [0.1, 0.15) is 11.7 Å². The number of aromatic amines is 1. The summed E-state index contributed by atoms with van der Waals surface area (Å²) in [7, 11) is 1.80. The highest BCUT2D eigenvalue weighted by Crippen LogP contribution is 2.43. The summed E-state index contributed by atoms with van der Waals surface area (Å²) in [4.78, 5) is 23.1. The van der Waals surface area contributed by atoms with Crippen LogP contribution >= 0.6 is 0 Å². The maximum Gasteiger partial charge on any atom is 0.312 e. The molecule has 0 radical (unpaired) electrons. The summed E-state index contributed by atoms with van der Waals surface area (Å²) < 4.78 is 9.27. The first kappa shape index (κ1) is 19.2. The van der Waals surface area contributed by atoms with Crippen LogP contribution in [0.1, 0.15) is 58.1 Å². The van der Waals surface area contributed by atoms with Crippen molar-refractivity contribution in [1.29, 1.82) is 0 Å². The Morgan fingerprint density at radius 1 is 1.18 bits per heavy atom. The molecule has 5 aromatic heterocycles. The van der Waals surface area contributed by atoms with E-state index in [1.54, 1.807) is 35.2 Å². The molecule has 0 unspecified atom stereocenters. The van der Waals surface area contributed by atoms with Crippen molar-refractivity contribution in [2.24, 2.45) is 7.05 Å². The first-order valence-electron chi connectivity index (χ1n) is 11.3. The molecule has 1 N–H and O–H groups in total. The third kappa shape index (κ3) is 2.96. The van der Waals surface area contributed by atoms with E-state index in [4.69, 9.17) is 9.52 Å². The van der Waals surface area contributed by atoms with Gasteiger partial charge in [0, 0.05) is 38.1 Å². The second-order valence-electron chi connectivity index (χ2n) is 8.84. The summed E-state index contributed by atoms with van der Waals surface area (Å²) in [5, 5.41) is 17.2. The van der Waals surface area contributed by atoms with Crippen molar-refractivity contribution in [3.8, 4) is 11.6 Å². The summed E-state index contributed by atoms with van der Waals surface area (Å²) in [5.74, 6) is 0.362. The molecule has 0 aromatic carbocycles. The summed E-state index contributed by atoms with van der Waals surface area (Å²) >= 11 is 0. The van der Waals surface area contributed by atoms with Crippen molar-refractivity contribution >= 4 is 11.4 Å².